The highest BCUT2D eigenvalue weighted by atomic mass is 32.2. The first kappa shape index (κ1) is 15.4. The van der Waals surface area contributed by atoms with E-state index in [1.165, 1.54) is 0 Å². The maximum atomic E-state index is 10.7. The van der Waals surface area contributed by atoms with Crippen LogP contribution in [0.2, 0.25) is 0 Å². The topological polar surface area (TPSA) is 178 Å². The van der Waals surface area contributed by atoms with Gasteiger partial charge in [0, 0.05) is 0 Å². The van der Waals surface area contributed by atoms with Crippen molar-refractivity contribution in [2.75, 3.05) is 6.61 Å². The third-order valence-corrected chi connectivity index (χ3v) is 3.23. The summed E-state index contributed by atoms with van der Waals surface area (Å²) in [5.74, 6) is 0. The Hall–Kier alpha value is -0.620. The second-order valence-electron chi connectivity index (χ2n) is 3.13. The molecule has 0 aromatic heterocycles. The number of nitrogens with two attached hydrogens (primary N) is 1. The van der Waals surface area contributed by atoms with Gasteiger partial charge in [-0.15, -0.1) is 0 Å². The van der Waals surface area contributed by atoms with Crippen LogP contribution in [-0.2, 0) is 14.9 Å². The molecule has 0 aromatic carbocycles. The van der Waals surface area contributed by atoms with Crippen molar-refractivity contribution in [1.82, 2.24) is 0 Å². The number of aliphatic hydroxyl groups is 4. The summed E-state index contributed by atoms with van der Waals surface area (Å²) < 4.78 is 30.1. The first-order valence-corrected chi connectivity index (χ1v) is 5.43. The SMILES string of the molecule is N[C@@](C=O)([C@@H](O)[C@H](O)[C@H](O)CO)S(=O)(=O)O. The van der Waals surface area contributed by atoms with Crippen LogP contribution in [-0.4, -0.2) is 69.5 Å². The molecule has 16 heavy (non-hydrogen) atoms. The molecule has 0 saturated heterocycles. The summed E-state index contributed by atoms with van der Waals surface area (Å²) in [6.07, 6.45) is -7.12. The molecule has 0 saturated carbocycles. The van der Waals surface area contributed by atoms with E-state index >= 15 is 0 Å². The fraction of sp³-hybridized carbons (Fsp3) is 0.833. The molecule has 0 aliphatic rings. The molecule has 0 spiro atoms. The van der Waals surface area contributed by atoms with E-state index in [1.807, 2.05) is 0 Å². The van der Waals surface area contributed by atoms with Crippen molar-refractivity contribution >= 4 is 16.4 Å². The number of carbonyl (C=O) groups excluding carboxylic acids is 1. The van der Waals surface area contributed by atoms with Crippen LogP contribution < -0.4 is 5.73 Å². The van der Waals surface area contributed by atoms with Gasteiger partial charge in [-0.3, -0.25) is 9.35 Å². The molecular weight excluding hydrogens is 246 g/mol. The van der Waals surface area contributed by atoms with Gasteiger partial charge in [0.15, 0.2) is 6.29 Å². The lowest BCUT2D eigenvalue weighted by Crippen LogP contribution is -2.64. The second kappa shape index (κ2) is 5.14. The molecule has 9 nitrogen and oxygen atoms in total. The lowest BCUT2D eigenvalue weighted by atomic mass is 10.0. The zero-order chi connectivity index (χ0) is 13.1. The van der Waals surface area contributed by atoms with E-state index in [1.54, 1.807) is 0 Å². The van der Waals surface area contributed by atoms with Crippen molar-refractivity contribution in [2.45, 2.75) is 23.2 Å². The van der Waals surface area contributed by atoms with Crippen molar-refractivity contribution < 1.29 is 38.2 Å². The first-order valence-electron chi connectivity index (χ1n) is 3.99. The Kier molecular flexibility index (Phi) is 4.94. The van der Waals surface area contributed by atoms with Gasteiger partial charge in [-0.05, 0) is 0 Å². The van der Waals surface area contributed by atoms with Crippen LogP contribution in [0.25, 0.3) is 0 Å². The van der Waals surface area contributed by atoms with Gasteiger partial charge in [0.2, 0.25) is 4.87 Å². The maximum absolute atomic E-state index is 10.7. The maximum Gasteiger partial charge on any atom is 0.293 e. The highest BCUT2D eigenvalue weighted by molar-refractivity contribution is 7.88. The van der Waals surface area contributed by atoms with E-state index in [0.29, 0.717) is 0 Å². The normalized spacial score (nSPS) is 21.9. The van der Waals surface area contributed by atoms with Crippen LogP contribution in [0.3, 0.4) is 0 Å². The van der Waals surface area contributed by atoms with E-state index in [2.05, 4.69) is 0 Å². The summed E-state index contributed by atoms with van der Waals surface area (Å²) in [7, 11) is -5.19. The van der Waals surface area contributed by atoms with Crippen LogP contribution in [0, 0.1) is 0 Å². The Morgan fingerprint density at radius 3 is 2.00 bits per heavy atom. The fourth-order valence-corrected chi connectivity index (χ4v) is 1.43. The molecular formula is C6H13NO8S. The third-order valence-electron chi connectivity index (χ3n) is 2.00. The van der Waals surface area contributed by atoms with E-state index in [4.69, 9.17) is 25.6 Å². The lowest BCUT2D eigenvalue weighted by molar-refractivity contribution is -0.121. The number of hydrogen-bond donors (Lipinski definition) is 6. The fourth-order valence-electron chi connectivity index (χ4n) is 0.868. The molecule has 4 atom stereocenters. The van der Waals surface area contributed by atoms with Gasteiger partial charge in [0.1, 0.15) is 18.3 Å². The number of hydrogen-bond acceptors (Lipinski definition) is 8. The second-order valence-corrected chi connectivity index (χ2v) is 4.79. The Balaban J connectivity index is 5.22. The number of aldehydes is 1. The third kappa shape index (κ3) is 2.74. The van der Waals surface area contributed by atoms with Crippen LogP contribution in [0.5, 0.6) is 0 Å². The van der Waals surface area contributed by atoms with Crippen molar-refractivity contribution in [3.8, 4) is 0 Å². The quantitative estimate of drug-likeness (QED) is 0.204. The van der Waals surface area contributed by atoms with E-state index < -0.39 is 46.2 Å². The van der Waals surface area contributed by atoms with Crippen molar-refractivity contribution in [3.05, 3.63) is 0 Å². The summed E-state index contributed by atoms with van der Waals surface area (Å²) in [5.41, 5.74) is 4.90. The number of aliphatic hydroxyl groups excluding tert-OH is 4. The predicted octanol–water partition coefficient (Wildman–Crippen LogP) is -4.20. The Bertz CT molecular complexity index is 342. The van der Waals surface area contributed by atoms with Crippen LogP contribution in [0.4, 0.5) is 0 Å². The van der Waals surface area contributed by atoms with Crippen molar-refractivity contribution in [3.63, 3.8) is 0 Å². The Labute approximate surface area is 90.9 Å². The Morgan fingerprint density at radius 1 is 1.31 bits per heavy atom. The highest BCUT2D eigenvalue weighted by Crippen LogP contribution is 2.17. The van der Waals surface area contributed by atoms with Gasteiger partial charge in [-0.1, -0.05) is 0 Å². The minimum absolute atomic E-state index is 0.486. The first-order chi connectivity index (χ1) is 7.11. The van der Waals surface area contributed by atoms with Gasteiger partial charge in [-0.25, -0.2) is 0 Å². The summed E-state index contributed by atoms with van der Waals surface area (Å²) in [6.45, 7) is -1.00. The van der Waals surface area contributed by atoms with Crippen LogP contribution >= 0.6 is 0 Å². The Morgan fingerprint density at radius 2 is 1.75 bits per heavy atom. The zero-order valence-electron chi connectivity index (χ0n) is 7.96. The molecule has 0 bridgehead atoms. The average molecular weight is 259 g/mol. The standard InChI is InChI=1S/C6H13NO8S/c7-6(2-9,16(13,14)15)5(12)4(11)3(10)1-8/h2-5,8,10-12H,1,7H2,(H,13,14,15)/t3-,4-,5+,6-/m1/s1. The summed E-state index contributed by atoms with van der Waals surface area (Å²) in [6, 6.07) is 0. The number of rotatable bonds is 6. The smallest absolute Gasteiger partial charge is 0.293 e. The molecule has 0 fully saturated rings. The van der Waals surface area contributed by atoms with E-state index in [-0.39, 0.29) is 0 Å². The van der Waals surface area contributed by atoms with Crippen molar-refractivity contribution in [2.24, 2.45) is 5.73 Å². The molecule has 0 aliphatic carbocycles. The summed E-state index contributed by atoms with van der Waals surface area (Å²) in [5, 5.41) is 35.7. The van der Waals surface area contributed by atoms with Gasteiger partial charge in [0.05, 0.1) is 6.61 Å². The van der Waals surface area contributed by atoms with Gasteiger partial charge in [0.25, 0.3) is 10.1 Å². The lowest BCUT2D eigenvalue weighted by Gasteiger charge is -2.30. The minimum Gasteiger partial charge on any atom is -0.394 e. The van der Waals surface area contributed by atoms with Crippen molar-refractivity contribution in [1.29, 1.82) is 0 Å². The van der Waals surface area contributed by atoms with Gasteiger partial charge >= 0.3 is 0 Å². The molecule has 7 N–H and O–H groups in total. The van der Waals surface area contributed by atoms with Crippen LogP contribution in [0.15, 0.2) is 0 Å². The summed E-state index contributed by atoms with van der Waals surface area (Å²) in [4.78, 5) is 7.27. The molecule has 0 aliphatic heterocycles. The average Bonchev–Trinajstić information content (AvgIpc) is 2.22. The zero-order valence-corrected chi connectivity index (χ0v) is 8.78. The number of carbonyl (C=O) groups is 1. The van der Waals surface area contributed by atoms with Gasteiger partial charge < -0.3 is 26.2 Å². The molecule has 0 aromatic rings. The largest absolute Gasteiger partial charge is 0.394 e. The molecule has 0 amide bonds. The molecule has 0 unspecified atom stereocenters. The van der Waals surface area contributed by atoms with Crippen LogP contribution in [0.1, 0.15) is 0 Å². The minimum atomic E-state index is -5.19. The summed E-state index contributed by atoms with van der Waals surface area (Å²) >= 11 is 0. The molecule has 10 heteroatoms. The van der Waals surface area contributed by atoms with E-state index in [0.717, 1.165) is 0 Å². The monoisotopic (exact) mass is 259 g/mol. The molecule has 0 heterocycles. The predicted molar refractivity (Wildman–Crippen MR) is 49.6 cm³/mol. The van der Waals surface area contributed by atoms with E-state index in [9.17, 15) is 18.3 Å². The molecule has 0 rings (SSSR count). The van der Waals surface area contributed by atoms with Gasteiger partial charge in [-0.2, -0.15) is 8.42 Å². The molecule has 96 valence electrons. The highest BCUT2D eigenvalue weighted by Gasteiger charge is 2.50. The molecule has 0 radical (unpaired) electrons.